The fraction of sp³-hybridized carbons (Fsp3) is 0.304. The first-order chi connectivity index (χ1) is 15.7. The fourth-order valence-electron chi connectivity index (χ4n) is 3.12. The van der Waals surface area contributed by atoms with Gasteiger partial charge in [0.1, 0.15) is 10.8 Å². The third-order valence-corrected chi connectivity index (χ3v) is 7.02. The number of rotatable bonds is 10. The molecule has 33 heavy (non-hydrogen) atoms. The quantitative estimate of drug-likeness (QED) is 0.429. The molecule has 3 aromatic rings. The van der Waals surface area contributed by atoms with E-state index in [4.69, 9.17) is 16.3 Å². The molecular formula is C23H28ClN5O3S. The number of hydrogen-bond acceptors (Lipinski definition) is 8. The van der Waals surface area contributed by atoms with Gasteiger partial charge in [0.15, 0.2) is 15.7 Å². The van der Waals surface area contributed by atoms with E-state index in [-0.39, 0.29) is 21.5 Å². The lowest BCUT2D eigenvalue weighted by molar-refractivity contribution is 0.411. The van der Waals surface area contributed by atoms with E-state index in [1.165, 1.54) is 6.20 Å². The Bertz CT molecular complexity index is 1220. The normalized spacial score (nSPS) is 11.5. The first-order valence-corrected chi connectivity index (χ1v) is 12.5. The average molecular weight is 490 g/mol. The predicted molar refractivity (Wildman–Crippen MR) is 133 cm³/mol. The van der Waals surface area contributed by atoms with Crippen LogP contribution in [0.2, 0.25) is 5.02 Å². The number of methoxy groups -OCH3 is 1. The highest BCUT2D eigenvalue weighted by Crippen LogP contribution is 2.31. The van der Waals surface area contributed by atoms with Crippen LogP contribution in [-0.2, 0) is 16.3 Å². The van der Waals surface area contributed by atoms with Crippen molar-refractivity contribution in [1.29, 1.82) is 0 Å². The first-order valence-electron chi connectivity index (χ1n) is 10.4. The van der Waals surface area contributed by atoms with Gasteiger partial charge >= 0.3 is 0 Å². The third kappa shape index (κ3) is 6.34. The molecule has 1 aromatic heterocycles. The summed E-state index contributed by atoms with van der Waals surface area (Å²) in [6.45, 7) is 2.52. The van der Waals surface area contributed by atoms with E-state index >= 15 is 0 Å². The molecule has 0 saturated carbocycles. The summed E-state index contributed by atoms with van der Waals surface area (Å²) in [6.07, 6.45) is 2.33. The number of sulfone groups is 1. The van der Waals surface area contributed by atoms with E-state index in [1.807, 2.05) is 32.3 Å². The number of halogens is 1. The second-order valence-electron chi connectivity index (χ2n) is 7.63. The molecule has 0 aliphatic heterocycles. The monoisotopic (exact) mass is 489 g/mol. The summed E-state index contributed by atoms with van der Waals surface area (Å²) in [5.74, 6) is 1.22. The summed E-state index contributed by atoms with van der Waals surface area (Å²) in [4.78, 5) is 11.0. The lowest BCUT2D eigenvalue weighted by Gasteiger charge is -2.15. The maximum atomic E-state index is 12.5. The molecular weight excluding hydrogens is 462 g/mol. The standard InChI is InChI=1S/C23H28ClN5O3S/c1-5-33(30,31)21-9-7-6-8-18(21)26-22-17(24)15-25-23(28-22)27-19-14-16(12-13-29(2)3)10-11-20(19)32-4/h6-11,14-15H,5,12-13H2,1-4H3,(H2,25,26,27,28). The Morgan fingerprint density at radius 1 is 1.09 bits per heavy atom. The van der Waals surface area contributed by atoms with Crippen LogP contribution in [0.15, 0.2) is 53.6 Å². The van der Waals surface area contributed by atoms with E-state index in [2.05, 4.69) is 25.5 Å². The molecule has 2 N–H and O–H groups in total. The minimum Gasteiger partial charge on any atom is -0.495 e. The molecule has 0 aliphatic carbocycles. The fourth-order valence-corrected chi connectivity index (χ4v) is 4.31. The summed E-state index contributed by atoms with van der Waals surface area (Å²) in [7, 11) is 2.23. The molecule has 0 spiro atoms. The zero-order chi connectivity index (χ0) is 24.0. The Kier molecular flexibility index (Phi) is 8.12. The third-order valence-electron chi connectivity index (χ3n) is 4.96. The van der Waals surface area contributed by atoms with Gasteiger partial charge in [0.2, 0.25) is 5.95 Å². The summed E-state index contributed by atoms with van der Waals surface area (Å²) in [6, 6.07) is 12.6. The maximum Gasteiger partial charge on any atom is 0.229 e. The SMILES string of the molecule is CCS(=O)(=O)c1ccccc1Nc1nc(Nc2cc(CCN(C)C)ccc2OC)ncc1Cl. The van der Waals surface area contributed by atoms with Crippen LogP contribution in [0.5, 0.6) is 5.75 Å². The predicted octanol–water partition coefficient (Wildman–Crippen LogP) is 4.52. The van der Waals surface area contributed by atoms with Gasteiger partial charge in [-0.3, -0.25) is 0 Å². The molecule has 0 saturated heterocycles. The molecule has 0 atom stereocenters. The highest BCUT2D eigenvalue weighted by atomic mass is 35.5. The lowest BCUT2D eigenvalue weighted by Crippen LogP contribution is -2.15. The van der Waals surface area contributed by atoms with Gasteiger partial charge in [0.25, 0.3) is 0 Å². The number of anilines is 4. The van der Waals surface area contributed by atoms with Crippen molar-refractivity contribution in [1.82, 2.24) is 14.9 Å². The van der Waals surface area contributed by atoms with Crippen molar-refractivity contribution >= 4 is 44.6 Å². The number of para-hydroxylation sites is 1. The molecule has 0 radical (unpaired) electrons. The Hall–Kier alpha value is -2.88. The van der Waals surface area contributed by atoms with Crippen molar-refractivity contribution in [2.75, 3.05) is 44.1 Å². The van der Waals surface area contributed by atoms with Crippen LogP contribution in [0.4, 0.5) is 23.1 Å². The number of nitrogens with zero attached hydrogens (tertiary/aromatic N) is 3. The van der Waals surface area contributed by atoms with Gasteiger partial charge in [-0.25, -0.2) is 13.4 Å². The summed E-state index contributed by atoms with van der Waals surface area (Å²) in [5.41, 5.74) is 2.25. The van der Waals surface area contributed by atoms with Crippen LogP contribution in [0.25, 0.3) is 0 Å². The van der Waals surface area contributed by atoms with Gasteiger partial charge < -0.3 is 20.3 Å². The van der Waals surface area contributed by atoms with E-state index in [9.17, 15) is 8.42 Å². The Morgan fingerprint density at radius 2 is 1.85 bits per heavy atom. The topological polar surface area (TPSA) is 96.5 Å². The number of likely N-dealkylation sites (N-methyl/N-ethyl adjacent to an activating group) is 1. The number of ether oxygens (including phenoxy) is 1. The number of aromatic nitrogens is 2. The maximum absolute atomic E-state index is 12.5. The van der Waals surface area contributed by atoms with E-state index < -0.39 is 9.84 Å². The van der Waals surface area contributed by atoms with Crippen molar-refractivity contribution in [2.45, 2.75) is 18.2 Å². The van der Waals surface area contributed by atoms with Crippen LogP contribution >= 0.6 is 11.6 Å². The van der Waals surface area contributed by atoms with Gasteiger partial charge in [0, 0.05) is 6.54 Å². The summed E-state index contributed by atoms with van der Waals surface area (Å²) < 4.78 is 30.4. The molecule has 2 aromatic carbocycles. The molecule has 176 valence electrons. The van der Waals surface area contributed by atoms with Gasteiger partial charge in [-0.15, -0.1) is 0 Å². The van der Waals surface area contributed by atoms with Crippen LogP contribution in [0.3, 0.4) is 0 Å². The van der Waals surface area contributed by atoms with Crippen molar-refractivity contribution in [3.05, 3.63) is 59.2 Å². The van der Waals surface area contributed by atoms with Crippen LogP contribution in [0.1, 0.15) is 12.5 Å². The van der Waals surface area contributed by atoms with Crippen molar-refractivity contribution in [3.8, 4) is 5.75 Å². The Balaban J connectivity index is 1.90. The van der Waals surface area contributed by atoms with Gasteiger partial charge in [-0.1, -0.05) is 36.7 Å². The molecule has 0 bridgehead atoms. The van der Waals surface area contributed by atoms with E-state index in [1.54, 1.807) is 38.3 Å². The summed E-state index contributed by atoms with van der Waals surface area (Å²) >= 11 is 6.31. The molecule has 0 unspecified atom stereocenters. The van der Waals surface area contributed by atoms with Crippen molar-refractivity contribution in [3.63, 3.8) is 0 Å². The highest BCUT2D eigenvalue weighted by molar-refractivity contribution is 7.91. The Morgan fingerprint density at radius 3 is 2.55 bits per heavy atom. The first kappa shape index (κ1) is 24.8. The van der Waals surface area contributed by atoms with Crippen molar-refractivity contribution in [2.24, 2.45) is 0 Å². The second kappa shape index (κ2) is 10.8. The molecule has 8 nitrogen and oxygen atoms in total. The molecule has 0 fully saturated rings. The van der Waals surface area contributed by atoms with Gasteiger partial charge in [0.05, 0.1) is 35.3 Å². The largest absolute Gasteiger partial charge is 0.495 e. The number of hydrogen-bond donors (Lipinski definition) is 2. The Labute approximate surface area is 199 Å². The van der Waals surface area contributed by atoms with E-state index in [0.717, 1.165) is 24.2 Å². The molecule has 0 amide bonds. The van der Waals surface area contributed by atoms with Crippen LogP contribution in [-0.4, -0.2) is 56.8 Å². The number of benzene rings is 2. The van der Waals surface area contributed by atoms with E-state index in [0.29, 0.717) is 17.4 Å². The van der Waals surface area contributed by atoms with Gasteiger partial charge in [-0.2, -0.15) is 4.98 Å². The average Bonchev–Trinajstić information content (AvgIpc) is 2.80. The van der Waals surface area contributed by atoms with Crippen LogP contribution < -0.4 is 15.4 Å². The minimum absolute atomic E-state index is 0.0139. The summed E-state index contributed by atoms with van der Waals surface area (Å²) in [5, 5.41) is 6.48. The zero-order valence-corrected chi connectivity index (χ0v) is 20.7. The molecule has 3 rings (SSSR count). The molecule has 1 heterocycles. The smallest absolute Gasteiger partial charge is 0.229 e. The van der Waals surface area contributed by atoms with Crippen molar-refractivity contribution < 1.29 is 13.2 Å². The second-order valence-corrected chi connectivity index (χ2v) is 10.3. The van der Waals surface area contributed by atoms with Crippen LogP contribution in [0, 0.1) is 0 Å². The highest BCUT2D eigenvalue weighted by Gasteiger charge is 2.18. The lowest BCUT2D eigenvalue weighted by atomic mass is 10.1. The molecule has 10 heteroatoms. The minimum atomic E-state index is -3.43. The number of nitrogens with one attached hydrogen (secondary N) is 2. The zero-order valence-electron chi connectivity index (χ0n) is 19.1. The molecule has 0 aliphatic rings. The van der Waals surface area contributed by atoms with Gasteiger partial charge in [-0.05, 0) is 50.3 Å².